The van der Waals surface area contributed by atoms with Gasteiger partial charge in [0.1, 0.15) is 11.6 Å². The summed E-state index contributed by atoms with van der Waals surface area (Å²) in [5, 5.41) is 3.59. The number of halogens is 1. The van der Waals surface area contributed by atoms with Gasteiger partial charge >= 0.3 is 0 Å². The lowest BCUT2D eigenvalue weighted by Gasteiger charge is -2.42. The quantitative estimate of drug-likeness (QED) is 0.319. The summed E-state index contributed by atoms with van der Waals surface area (Å²) < 4.78 is 34.0. The lowest BCUT2D eigenvalue weighted by molar-refractivity contribution is 0.0981. The molecule has 13 heteroatoms. The van der Waals surface area contributed by atoms with Crippen molar-refractivity contribution in [1.82, 2.24) is 34.3 Å². The molecule has 0 atom stereocenters. The normalized spacial score (nSPS) is 19.0. The molecular weight excluding hydrogens is 579 g/mol. The van der Waals surface area contributed by atoms with E-state index >= 15 is 4.39 Å². The van der Waals surface area contributed by atoms with Crippen LogP contribution in [0.15, 0.2) is 47.1 Å². The van der Waals surface area contributed by atoms with E-state index in [4.69, 9.17) is 9.97 Å². The summed E-state index contributed by atoms with van der Waals surface area (Å²) in [7, 11) is -0.207. The Hall–Kier alpha value is -3.68. The first-order chi connectivity index (χ1) is 21.2. The molecule has 3 fully saturated rings. The van der Waals surface area contributed by atoms with Gasteiger partial charge in [0.05, 0.1) is 23.0 Å². The minimum absolute atomic E-state index is 0.0907. The molecular formula is C31H39FN10OS. The van der Waals surface area contributed by atoms with Crippen molar-refractivity contribution < 1.29 is 8.60 Å². The molecule has 4 aromatic rings. The highest BCUT2D eigenvalue weighted by molar-refractivity contribution is 7.92. The summed E-state index contributed by atoms with van der Waals surface area (Å²) in [4.78, 5) is 25.9. The van der Waals surface area contributed by atoms with Gasteiger partial charge in [0.2, 0.25) is 5.95 Å². The van der Waals surface area contributed by atoms with Crippen molar-refractivity contribution >= 4 is 44.0 Å². The SMILES string of the molecule is CN1CCN(C2CCN(c3ccc(Nc4ncc5c(F)c(C6CC6)n(-c6cccc(N=S(C)(C)=O)n6)c5n4)cn3)CC2)CC1. The third-order valence-electron chi connectivity index (χ3n) is 8.76. The zero-order valence-electron chi connectivity index (χ0n) is 25.5. The molecule has 6 heterocycles. The number of hydrogen-bond donors (Lipinski definition) is 1. The van der Waals surface area contributed by atoms with Crippen molar-refractivity contribution in [3.05, 3.63) is 54.2 Å². The van der Waals surface area contributed by atoms with E-state index in [1.54, 1.807) is 41.5 Å². The van der Waals surface area contributed by atoms with Gasteiger partial charge in [-0.15, -0.1) is 0 Å². The highest BCUT2D eigenvalue weighted by Gasteiger charge is 2.34. The topological polar surface area (TPSA) is 108 Å². The lowest BCUT2D eigenvalue weighted by Crippen LogP contribution is -2.52. The predicted octanol–water partition coefficient (Wildman–Crippen LogP) is 4.55. The van der Waals surface area contributed by atoms with Crippen molar-refractivity contribution in [3.8, 4) is 5.82 Å². The zero-order chi connectivity index (χ0) is 30.4. The van der Waals surface area contributed by atoms with Crippen LogP contribution in [-0.2, 0) is 9.73 Å². The molecule has 11 nitrogen and oxygen atoms in total. The third kappa shape index (κ3) is 6.13. The fourth-order valence-corrected chi connectivity index (χ4v) is 6.85. The van der Waals surface area contributed by atoms with E-state index in [9.17, 15) is 4.21 Å². The van der Waals surface area contributed by atoms with Crippen LogP contribution in [0, 0.1) is 5.82 Å². The highest BCUT2D eigenvalue weighted by Crippen LogP contribution is 2.45. The van der Waals surface area contributed by atoms with Crippen LogP contribution >= 0.6 is 0 Å². The first kappa shape index (κ1) is 29.1. The molecule has 4 aromatic heterocycles. The Morgan fingerprint density at radius 1 is 0.909 bits per heavy atom. The number of nitrogens with one attached hydrogen (secondary N) is 1. The number of piperidine rings is 1. The Balaban J connectivity index is 1.10. The number of nitrogens with zero attached hydrogens (tertiary/aromatic N) is 9. The number of hydrogen-bond acceptors (Lipinski definition) is 10. The second-order valence-electron chi connectivity index (χ2n) is 12.5. The van der Waals surface area contributed by atoms with Gasteiger partial charge in [-0.3, -0.25) is 9.47 Å². The smallest absolute Gasteiger partial charge is 0.229 e. The van der Waals surface area contributed by atoms with Crippen LogP contribution in [0.2, 0.25) is 0 Å². The largest absolute Gasteiger partial charge is 0.357 e. The van der Waals surface area contributed by atoms with Crippen molar-refractivity contribution in [2.45, 2.75) is 37.6 Å². The summed E-state index contributed by atoms with van der Waals surface area (Å²) in [5.41, 5.74) is 1.72. The average molecular weight is 619 g/mol. The molecule has 1 saturated carbocycles. The molecule has 232 valence electrons. The fourth-order valence-electron chi connectivity index (χ4n) is 6.30. The van der Waals surface area contributed by atoms with E-state index < -0.39 is 9.73 Å². The molecule has 0 spiro atoms. The predicted molar refractivity (Wildman–Crippen MR) is 172 cm³/mol. The van der Waals surface area contributed by atoms with Crippen LogP contribution in [0.3, 0.4) is 0 Å². The molecule has 0 unspecified atom stereocenters. The summed E-state index contributed by atoms with van der Waals surface area (Å²) in [5.74, 6) is 1.89. The van der Waals surface area contributed by atoms with Crippen LogP contribution in [0.4, 0.5) is 27.7 Å². The maximum Gasteiger partial charge on any atom is 0.229 e. The van der Waals surface area contributed by atoms with Gasteiger partial charge in [-0.05, 0) is 57.0 Å². The van der Waals surface area contributed by atoms with Gasteiger partial charge in [-0.1, -0.05) is 6.07 Å². The Kier molecular flexibility index (Phi) is 7.71. The van der Waals surface area contributed by atoms with Crippen molar-refractivity contribution in [2.24, 2.45) is 4.36 Å². The molecule has 7 rings (SSSR count). The second kappa shape index (κ2) is 11.7. The van der Waals surface area contributed by atoms with Gasteiger partial charge in [-0.2, -0.15) is 9.35 Å². The molecule has 1 N–H and O–H groups in total. The monoisotopic (exact) mass is 618 g/mol. The summed E-state index contributed by atoms with van der Waals surface area (Å²) in [6.45, 7) is 6.62. The standard InChI is InChI=1S/C31H39FN10OS/c1-39-15-17-40(18-16-39)23-11-13-41(14-12-23)26-10-9-22(19-33-26)35-31-34-20-24-28(32)29(21-7-8-21)42(30(24)37-31)27-6-4-5-25(36-27)38-44(2,3)43/h4-6,9-10,19-21,23H,7-8,11-18H2,1-3H3,(H,34,35,37). The molecule has 2 aliphatic heterocycles. The van der Waals surface area contributed by atoms with Gasteiger partial charge < -0.3 is 15.1 Å². The molecule has 0 radical (unpaired) electrons. The van der Waals surface area contributed by atoms with E-state index in [0.717, 1.165) is 76.5 Å². The van der Waals surface area contributed by atoms with E-state index in [2.05, 4.69) is 41.4 Å². The Morgan fingerprint density at radius 3 is 2.36 bits per heavy atom. The second-order valence-corrected chi connectivity index (χ2v) is 15.0. The first-order valence-corrected chi connectivity index (χ1v) is 17.7. The van der Waals surface area contributed by atoms with E-state index in [1.165, 1.54) is 6.20 Å². The third-order valence-corrected chi connectivity index (χ3v) is 9.38. The molecule has 0 amide bonds. The number of piperazine rings is 1. The van der Waals surface area contributed by atoms with Crippen LogP contribution in [-0.4, -0.2) is 103 Å². The number of rotatable bonds is 7. The average Bonchev–Trinajstić information content (AvgIpc) is 3.81. The van der Waals surface area contributed by atoms with E-state index in [1.807, 2.05) is 12.1 Å². The summed E-state index contributed by atoms with van der Waals surface area (Å²) in [6, 6.07) is 9.95. The number of fused-ring (bicyclic) bond motifs is 1. The molecule has 1 aliphatic carbocycles. The van der Waals surface area contributed by atoms with Crippen molar-refractivity contribution in [1.29, 1.82) is 0 Å². The van der Waals surface area contributed by atoms with Crippen molar-refractivity contribution in [2.75, 3.05) is 69.0 Å². The van der Waals surface area contributed by atoms with Gasteiger partial charge in [0.15, 0.2) is 17.3 Å². The Morgan fingerprint density at radius 2 is 1.68 bits per heavy atom. The van der Waals surface area contributed by atoms with Crippen LogP contribution in [0.5, 0.6) is 0 Å². The van der Waals surface area contributed by atoms with Crippen LogP contribution < -0.4 is 10.2 Å². The lowest BCUT2D eigenvalue weighted by atomic mass is 10.0. The van der Waals surface area contributed by atoms with Gasteiger partial charge in [0.25, 0.3) is 0 Å². The van der Waals surface area contributed by atoms with Crippen LogP contribution in [0.25, 0.3) is 16.9 Å². The molecule has 2 saturated heterocycles. The number of pyridine rings is 2. The molecule has 44 heavy (non-hydrogen) atoms. The minimum Gasteiger partial charge on any atom is -0.357 e. The zero-order valence-corrected chi connectivity index (χ0v) is 26.3. The maximum absolute atomic E-state index is 15.7. The minimum atomic E-state index is -2.41. The van der Waals surface area contributed by atoms with E-state index in [0.29, 0.717) is 40.4 Å². The maximum atomic E-state index is 15.7. The van der Waals surface area contributed by atoms with E-state index in [-0.39, 0.29) is 11.7 Å². The summed E-state index contributed by atoms with van der Waals surface area (Å²) >= 11 is 0. The molecule has 3 aliphatic rings. The number of likely N-dealkylation sites (N-methyl/N-ethyl adjacent to an activating group) is 1. The highest BCUT2D eigenvalue weighted by atomic mass is 32.2. The Labute approximate surface area is 257 Å². The molecule has 0 aromatic carbocycles. The number of aromatic nitrogens is 5. The van der Waals surface area contributed by atoms with Gasteiger partial charge in [0, 0.05) is 79.7 Å². The summed E-state index contributed by atoms with van der Waals surface area (Å²) in [6.07, 6.45) is 10.5. The van der Waals surface area contributed by atoms with Crippen molar-refractivity contribution in [3.63, 3.8) is 0 Å². The Bertz CT molecular complexity index is 1770. The van der Waals surface area contributed by atoms with Gasteiger partial charge in [-0.25, -0.2) is 23.6 Å². The number of anilines is 3. The molecule has 0 bridgehead atoms. The van der Waals surface area contributed by atoms with Crippen LogP contribution in [0.1, 0.15) is 37.3 Å². The fraction of sp³-hybridized carbons (Fsp3) is 0.484. The first-order valence-electron chi connectivity index (χ1n) is 15.3.